The van der Waals surface area contributed by atoms with Gasteiger partial charge in [0.05, 0.1) is 5.69 Å². The molecule has 0 aliphatic carbocycles. The Kier molecular flexibility index (Phi) is 11.9. The van der Waals surface area contributed by atoms with Gasteiger partial charge in [0, 0.05) is 35.1 Å². The van der Waals surface area contributed by atoms with Gasteiger partial charge in [0.15, 0.2) is 5.82 Å². The lowest BCUT2D eigenvalue weighted by molar-refractivity contribution is -0.274. The van der Waals surface area contributed by atoms with Gasteiger partial charge in [-0.25, -0.2) is 14.5 Å². The summed E-state index contributed by atoms with van der Waals surface area (Å²) in [6.45, 7) is 5.94. The number of nitrogens with zero attached hydrogens (tertiary/aromatic N) is 3. The third kappa shape index (κ3) is 10.5. The van der Waals surface area contributed by atoms with Crippen LogP contribution in [0.5, 0.6) is 5.75 Å². The standard InChI is InChI=1S/C31H34ClF3N6O2S/c1-21(2)27-14-9-24(32)19-28(27)44-39-17-16-37-30(42)36-15-4-3-6-22-7-5-8-23(18-22)29-38-20-41(40-29)25-10-12-26(13-11-25)43-31(33,34)35/h5,7-14,18-21,39H,3-4,6,15-17H2,1-2H3,(H2,36,37,42). The number of amides is 2. The first-order chi connectivity index (χ1) is 21.1. The van der Waals surface area contributed by atoms with E-state index in [1.807, 2.05) is 42.5 Å². The van der Waals surface area contributed by atoms with E-state index in [1.165, 1.54) is 52.8 Å². The van der Waals surface area contributed by atoms with Gasteiger partial charge in [0.2, 0.25) is 0 Å². The molecule has 3 N–H and O–H groups in total. The van der Waals surface area contributed by atoms with Gasteiger partial charge >= 0.3 is 12.4 Å². The van der Waals surface area contributed by atoms with Crippen LogP contribution in [0.15, 0.2) is 78.0 Å². The average Bonchev–Trinajstić information content (AvgIpc) is 3.47. The van der Waals surface area contributed by atoms with Crippen molar-refractivity contribution in [3.8, 4) is 22.8 Å². The minimum atomic E-state index is -4.74. The van der Waals surface area contributed by atoms with Crippen molar-refractivity contribution in [3.63, 3.8) is 0 Å². The Morgan fingerprint density at radius 2 is 1.77 bits per heavy atom. The Bertz CT molecular complexity index is 1520. The number of benzene rings is 3. The van der Waals surface area contributed by atoms with E-state index in [4.69, 9.17) is 11.6 Å². The van der Waals surface area contributed by atoms with Crippen LogP contribution in [0.4, 0.5) is 18.0 Å². The number of urea groups is 1. The first-order valence-corrected chi connectivity index (χ1v) is 15.3. The van der Waals surface area contributed by atoms with Crippen molar-refractivity contribution in [3.05, 3.63) is 89.2 Å². The van der Waals surface area contributed by atoms with Gasteiger partial charge < -0.3 is 15.4 Å². The number of aryl methyl sites for hydroxylation is 1. The molecule has 0 spiro atoms. The SMILES string of the molecule is CC(C)c1ccc(Cl)cc1SNCCNC(=O)NCCCCc1cccc(-c2ncn(-c3ccc(OC(F)(F)F)cc3)n2)c1. The lowest BCUT2D eigenvalue weighted by Gasteiger charge is -2.13. The molecule has 13 heteroatoms. The molecule has 0 saturated heterocycles. The van der Waals surface area contributed by atoms with E-state index in [0.29, 0.717) is 42.1 Å². The Hall–Kier alpha value is -3.74. The van der Waals surface area contributed by atoms with Crippen LogP contribution in [0, 0.1) is 0 Å². The van der Waals surface area contributed by atoms with Gasteiger partial charge in [0.25, 0.3) is 0 Å². The molecule has 0 saturated carbocycles. The van der Waals surface area contributed by atoms with Crippen LogP contribution in [0.25, 0.3) is 17.1 Å². The molecular weight excluding hydrogens is 613 g/mol. The molecule has 0 atom stereocenters. The molecule has 0 unspecified atom stereocenters. The Labute approximate surface area is 263 Å². The van der Waals surface area contributed by atoms with Crippen molar-refractivity contribution >= 4 is 29.6 Å². The highest BCUT2D eigenvalue weighted by atomic mass is 35.5. The maximum atomic E-state index is 12.4. The molecule has 0 aliphatic rings. The quantitative estimate of drug-likeness (QED) is 0.0969. The summed E-state index contributed by atoms with van der Waals surface area (Å²) < 4.78 is 45.9. The minimum Gasteiger partial charge on any atom is -0.406 e. The van der Waals surface area contributed by atoms with Gasteiger partial charge in [-0.15, -0.1) is 18.3 Å². The van der Waals surface area contributed by atoms with Crippen LogP contribution in [0.3, 0.4) is 0 Å². The smallest absolute Gasteiger partial charge is 0.406 e. The molecule has 0 radical (unpaired) electrons. The lowest BCUT2D eigenvalue weighted by Crippen LogP contribution is -2.38. The number of hydrogen-bond acceptors (Lipinski definition) is 6. The maximum Gasteiger partial charge on any atom is 0.573 e. The minimum absolute atomic E-state index is 0.200. The number of halogens is 4. The maximum absolute atomic E-state index is 12.4. The van der Waals surface area contributed by atoms with E-state index >= 15 is 0 Å². The number of alkyl halides is 3. The number of unbranched alkanes of at least 4 members (excludes halogenated alkanes) is 1. The zero-order chi connectivity index (χ0) is 31.5. The first-order valence-electron chi connectivity index (χ1n) is 14.2. The molecule has 1 aromatic heterocycles. The van der Waals surface area contributed by atoms with Crippen LogP contribution in [-0.4, -0.2) is 46.8 Å². The van der Waals surface area contributed by atoms with E-state index < -0.39 is 6.36 Å². The summed E-state index contributed by atoms with van der Waals surface area (Å²) in [6.07, 6.45) is -0.711. The summed E-state index contributed by atoms with van der Waals surface area (Å²) in [4.78, 5) is 17.6. The number of aromatic nitrogens is 3. The predicted octanol–water partition coefficient (Wildman–Crippen LogP) is 7.53. The molecule has 8 nitrogen and oxygen atoms in total. The Morgan fingerprint density at radius 3 is 2.52 bits per heavy atom. The molecule has 2 amide bonds. The summed E-state index contributed by atoms with van der Waals surface area (Å²) in [5.41, 5.74) is 3.72. The van der Waals surface area contributed by atoms with Gasteiger partial charge in [-0.1, -0.05) is 49.7 Å². The first kappa shape index (κ1) is 33.2. The third-order valence-corrected chi connectivity index (χ3v) is 7.64. The Balaban J connectivity index is 1.14. The average molecular weight is 647 g/mol. The lowest BCUT2D eigenvalue weighted by atomic mass is 10.0. The second-order valence-corrected chi connectivity index (χ2v) is 11.6. The fraction of sp³-hybridized carbons (Fsp3) is 0.323. The highest BCUT2D eigenvalue weighted by molar-refractivity contribution is 7.97. The van der Waals surface area contributed by atoms with Crippen molar-refractivity contribution in [1.29, 1.82) is 0 Å². The second-order valence-electron chi connectivity index (χ2n) is 10.2. The highest BCUT2D eigenvalue weighted by Gasteiger charge is 2.31. The van der Waals surface area contributed by atoms with Crippen molar-refractivity contribution < 1.29 is 22.7 Å². The monoisotopic (exact) mass is 646 g/mol. The normalized spacial score (nSPS) is 11.5. The fourth-order valence-electron chi connectivity index (χ4n) is 4.33. The van der Waals surface area contributed by atoms with Crippen molar-refractivity contribution in [2.75, 3.05) is 19.6 Å². The van der Waals surface area contributed by atoms with E-state index in [1.54, 1.807) is 0 Å². The molecule has 0 bridgehead atoms. The largest absolute Gasteiger partial charge is 0.573 e. The van der Waals surface area contributed by atoms with E-state index in [-0.39, 0.29) is 11.8 Å². The zero-order valence-electron chi connectivity index (χ0n) is 24.3. The fourth-order valence-corrected chi connectivity index (χ4v) is 5.54. The Morgan fingerprint density at radius 1 is 1.00 bits per heavy atom. The molecule has 4 aromatic rings. The van der Waals surface area contributed by atoms with Gasteiger partial charge in [-0.3, -0.25) is 4.72 Å². The summed E-state index contributed by atoms with van der Waals surface area (Å²) in [5, 5.41) is 10.9. The van der Waals surface area contributed by atoms with E-state index in [0.717, 1.165) is 35.3 Å². The molecule has 1 heterocycles. The number of carbonyl (C=O) groups is 1. The molecule has 0 aliphatic heterocycles. The van der Waals surface area contributed by atoms with Gasteiger partial charge in [-0.05, 0) is 90.7 Å². The summed E-state index contributed by atoms with van der Waals surface area (Å²) >= 11 is 7.65. The highest BCUT2D eigenvalue weighted by Crippen LogP contribution is 2.29. The topological polar surface area (TPSA) is 93.1 Å². The molecule has 4 rings (SSSR count). The number of hydrogen-bond donors (Lipinski definition) is 3. The van der Waals surface area contributed by atoms with Crippen molar-refractivity contribution in [2.24, 2.45) is 0 Å². The molecule has 0 fully saturated rings. The van der Waals surface area contributed by atoms with Crippen LogP contribution in [0.1, 0.15) is 43.7 Å². The van der Waals surface area contributed by atoms with E-state index in [2.05, 4.69) is 44.0 Å². The summed E-state index contributed by atoms with van der Waals surface area (Å²) in [6, 6.07) is 19.0. The number of ether oxygens (including phenoxy) is 1. The molecule has 44 heavy (non-hydrogen) atoms. The second kappa shape index (κ2) is 15.8. The third-order valence-electron chi connectivity index (χ3n) is 6.48. The van der Waals surface area contributed by atoms with Crippen molar-refractivity contribution in [1.82, 2.24) is 30.1 Å². The van der Waals surface area contributed by atoms with E-state index in [9.17, 15) is 18.0 Å². The van der Waals surface area contributed by atoms with Crippen LogP contribution < -0.4 is 20.1 Å². The van der Waals surface area contributed by atoms with Crippen molar-refractivity contribution in [2.45, 2.75) is 50.3 Å². The van der Waals surface area contributed by atoms with Crippen LogP contribution in [0.2, 0.25) is 5.02 Å². The molecule has 234 valence electrons. The number of carbonyl (C=O) groups excluding carboxylic acids is 1. The molecule has 3 aromatic carbocycles. The number of rotatable bonds is 14. The molecular formula is C31H34ClF3N6O2S. The van der Waals surface area contributed by atoms with Crippen LogP contribution in [-0.2, 0) is 6.42 Å². The van der Waals surface area contributed by atoms with Gasteiger partial charge in [0.1, 0.15) is 12.1 Å². The predicted molar refractivity (Wildman–Crippen MR) is 167 cm³/mol. The zero-order valence-corrected chi connectivity index (χ0v) is 25.9. The summed E-state index contributed by atoms with van der Waals surface area (Å²) in [5.74, 6) is 0.586. The summed E-state index contributed by atoms with van der Waals surface area (Å²) in [7, 11) is 0. The van der Waals surface area contributed by atoms with Crippen LogP contribution >= 0.6 is 23.5 Å². The number of nitrogens with one attached hydrogen (secondary N) is 3. The van der Waals surface area contributed by atoms with Gasteiger partial charge in [-0.2, -0.15) is 0 Å².